The van der Waals surface area contributed by atoms with Gasteiger partial charge in [0.05, 0.1) is 12.6 Å². The molecule has 1 saturated heterocycles. The van der Waals surface area contributed by atoms with Crippen LogP contribution in [0.1, 0.15) is 10.4 Å². The van der Waals surface area contributed by atoms with Gasteiger partial charge in [-0.15, -0.1) is 0 Å². The fourth-order valence-corrected chi connectivity index (χ4v) is 1.71. The number of rotatable bonds is 3. The molecular formula is C12H12F2N2O3. The molecule has 0 atom stereocenters. The average Bonchev–Trinajstić information content (AvgIpc) is 2.30. The lowest BCUT2D eigenvalue weighted by molar-refractivity contribution is -0.140. The summed E-state index contributed by atoms with van der Waals surface area (Å²) in [6.07, 6.45) is -0.517. The largest absolute Gasteiger partial charge is 0.389 e. The second-order valence-corrected chi connectivity index (χ2v) is 4.29. The molecular weight excluding hydrogens is 258 g/mol. The number of likely N-dealkylation sites (tertiary alicyclic amines) is 1. The van der Waals surface area contributed by atoms with Gasteiger partial charge in [-0.1, -0.05) is 0 Å². The maximum Gasteiger partial charge on any atom is 0.251 e. The molecule has 102 valence electrons. The second-order valence-electron chi connectivity index (χ2n) is 4.29. The lowest BCUT2D eigenvalue weighted by Crippen LogP contribution is -2.55. The Hall–Kier alpha value is -2.02. The number of halogens is 2. The Morgan fingerprint density at radius 3 is 2.37 bits per heavy atom. The van der Waals surface area contributed by atoms with Gasteiger partial charge in [0.2, 0.25) is 5.91 Å². The first-order valence-corrected chi connectivity index (χ1v) is 5.66. The van der Waals surface area contributed by atoms with Crippen molar-refractivity contribution in [1.82, 2.24) is 10.2 Å². The molecule has 0 aliphatic carbocycles. The molecule has 5 nitrogen and oxygen atoms in total. The summed E-state index contributed by atoms with van der Waals surface area (Å²) in [4.78, 5) is 24.4. The van der Waals surface area contributed by atoms with E-state index >= 15 is 0 Å². The summed E-state index contributed by atoms with van der Waals surface area (Å²) in [7, 11) is 0. The average molecular weight is 270 g/mol. The van der Waals surface area contributed by atoms with Crippen LogP contribution >= 0.6 is 0 Å². The Balaban J connectivity index is 1.89. The molecule has 0 bridgehead atoms. The van der Waals surface area contributed by atoms with Gasteiger partial charge in [-0.3, -0.25) is 9.59 Å². The van der Waals surface area contributed by atoms with Crippen molar-refractivity contribution in [3.63, 3.8) is 0 Å². The van der Waals surface area contributed by atoms with E-state index in [2.05, 4.69) is 5.32 Å². The standard InChI is InChI=1S/C12H12F2N2O3/c13-8-1-7(2-9(14)3-8)12(19)15-4-11(18)16-5-10(17)6-16/h1-3,10,17H,4-6H2,(H,15,19). The van der Waals surface area contributed by atoms with Gasteiger partial charge in [0.25, 0.3) is 5.91 Å². The van der Waals surface area contributed by atoms with Gasteiger partial charge in [0.15, 0.2) is 0 Å². The highest BCUT2D eigenvalue weighted by Gasteiger charge is 2.28. The van der Waals surface area contributed by atoms with Gasteiger partial charge in [-0.05, 0) is 12.1 Å². The predicted octanol–water partition coefficient (Wildman–Crippen LogP) is -0.102. The fourth-order valence-electron chi connectivity index (χ4n) is 1.71. The minimum Gasteiger partial charge on any atom is -0.389 e. The zero-order valence-corrected chi connectivity index (χ0v) is 9.90. The van der Waals surface area contributed by atoms with Crippen LogP contribution < -0.4 is 5.32 Å². The minimum absolute atomic E-state index is 0.186. The van der Waals surface area contributed by atoms with Gasteiger partial charge in [0.1, 0.15) is 11.6 Å². The molecule has 2 N–H and O–H groups in total. The summed E-state index contributed by atoms with van der Waals surface area (Å²) < 4.78 is 25.8. The molecule has 0 radical (unpaired) electrons. The van der Waals surface area contributed by atoms with Crippen LogP contribution in [0.3, 0.4) is 0 Å². The summed E-state index contributed by atoms with van der Waals surface area (Å²) in [6, 6.07) is 2.43. The van der Waals surface area contributed by atoms with Gasteiger partial charge >= 0.3 is 0 Å². The Morgan fingerprint density at radius 1 is 1.26 bits per heavy atom. The zero-order valence-electron chi connectivity index (χ0n) is 9.90. The van der Waals surface area contributed by atoms with Crippen molar-refractivity contribution < 1.29 is 23.5 Å². The minimum atomic E-state index is -0.859. The van der Waals surface area contributed by atoms with Crippen LogP contribution in [0.15, 0.2) is 18.2 Å². The van der Waals surface area contributed by atoms with Crippen LogP contribution in [-0.4, -0.2) is 47.6 Å². The molecule has 2 rings (SSSR count). The van der Waals surface area contributed by atoms with E-state index in [4.69, 9.17) is 5.11 Å². The second kappa shape index (κ2) is 5.31. The molecule has 1 aliphatic heterocycles. The zero-order chi connectivity index (χ0) is 14.0. The topological polar surface area (TPSA) is 69.6 Å². The molecule has 0 saturated carbocycles. The first-order valence-electron chi connectivity index (χ1n) is 5.66. The molecule has 1 aromatic rings. The van der Waals surface area contributed by atoms with Crippen LogP contribution in [0.4, 0.5) is 8.78 Å². The monoisotopic (exact) mass is 270 g/mol. The van der Waals surface area contributed by atoms with Crippen molar-refractivity contribution in [2.75, 3.05) is 19.6 Å². The van der Waals surface area contributed by atoms with E-state index in [1.165, 1.54) is 4.90 Å². The van der Waals surface area contributed by atoms with Gasteiger partial charge in [-0.25, -0.2) is 8.78 Å². The highest BCUT2D eigenvalue weighted by atomic mass is 19.1. The van der Waals surface area contributed by atoms with Crippen molar-refractivity contribution in [3.05, 3.63) is 35.4 Å². The number of amides is 2. The van der Waals surface area contributed by atoms with Crippen LogP contribution in [0, 0.1) is 11.6 Å². The third-order valence-electron chi connectivity index (χ3n) is 2.74. The van der Waals surface area contributed by atoms with Gasteiger partial charge < -0.3 is 15.3 Å². The van der Waals surface area contributed by atoms with Crippen LogP contribution in [0.25, 0.3) is 0 Å². The molecule has 0 aromatic heterocycles. The molecule has 0 unspecified atom stereocenters. The number of hydrogen-bond donors (Lipinski definition) is 2. The van der Waals surface area contributed by atoms with E-state index in [1.54, 1.807) is 0 Å². The number of carbonyl (C=O) groups excluding carboxylic acids is 2. The number of hydrogen-bond acceptors (Lipinski definition) is 3. The molecule has 1 fully saturated rings. The maximum atomic E-state index is 12.9. The van der Waals surface area contributed by atoms with E-state index in [9.17, 15) is 18.4 Å². The van der Waals surface area contributed by atoms with E-state index in [0.29, 0.717) is 6.07 Å². The highest BCUT2D eigenvalue weighted by Crippen LogP contribution is 2.09. The summed E-state index contributed by atoms with van der Waals surface area (Å²) in [5.74, 6) is -2.80. The summed E-state index contributed by atoms with van der Waals surface area (Å²) >= 11 is 0. The Kier molecular flexibility index (Phi) is 3.75. The third-order valence-corrected chi connectivity index (χ3v) is 2.74. The third kappa shape index (κ3) is 3.25. The van der Waals surface area contributed by atoms with Crippen molar-refractivity contribution in [2.45, 2.75) is 6.10 Å². The molecule has 2 amide bonds. The Bertz CT molecular complexity index is 495. The van der Waals surface area contributed by atoms with Crippen LogP contribution in [-0.2, 0) is 4.79 Å². The molecule has 19 heavy (non-hydrogen) atoms. The quantitative estimate of drug-likeness (QED) is 0.805. The smallest absolute Gasteiger partial charge is 0.251 e. The number of aliphatic hydroxyl groups is 1. The van der Waals surface area contributed by atoms with Crippen molar-refractivity contribution >= 4 is 11.8 Å². The fraction of sp³-hybridized carbons (Fsp3) is 0.333. The molecule has 1 heterocycles. The van der Waals surface area contributed by atoms with Gasteiger partial charge in [0, 0.05) is 24.7 Å². The van der Waals surface area contributed by atoms with Crippen LogP contribution in [0.5, 0.6) is 0 Å². The number of aliphatic hydroxyl groups excluding tert-OH is 1. The Morgan fingerprint density at radius 2 is 1.84 bits per heavy atom. The van der Waals surface area contributed by atoms with Gasteiger partial charge in [-0.2, -0.15) is 0 Å². The van der Waals surface area contributed by atoms with E-state index in [-0.39, 0.29) is 31.1 Å². The Labute approximate surface area is 107 Å². The first-order chi connectivity index (χ1) is 8.95. The first kappa shape index (κ1) is 13.4. The van der Waals surface area contributed by atoms with E-state index < -0.39 is 23.6 Å². The normalized spacial score (nSPS) is 15.0. The van der Waals surface area contributed by atoms with Crippen LogP contribution in [0.2, 0.25) is 0 Å². The number of carbonyl (C=O) groups is 2. The summed E-state index contributed by atoms with van der Waals surface area (Å²) in [5, 5.41) is 11.3. The number of β-amino-alcohol motifs (C(OH)–C–C–N with tert-alkyl or cyclic N) is 1. The number of nitrogens with zero attached hydrogens (tertiary/aromatic N) is 1. The lowest BCUT2D eigenvalue weighted by Gasteiger charge is -2.35. The molecule has 1 aliphatic rings. The molecule has 1 aromatic carbocycles. The SMILES string of the molecule is O=C(NCC(=O)N1CC(O)C1)c1cc(F)cc(F)c1. The summed E-state index contributed by atoms with van der Waals surface area (Å²) in [5.41, 5.74) is -0.186. The van der Waals surface area contributed by atoms with E-state index in [0.717, 1.165) is 12.1 Å². The highest BCUT2D eigenvalue weighted by molar-refractivity contribution is 5.96. The van der Waals surface area contributed by atoms with Crippen molar-refractivity contribution in [2.24, 2.45) is 0 Å². The number of benzene rings is 1. The van der Waals surface area contributed by atoms with E-state index in [1.807, 2.05) is 0 Å². The summed E-state index contributed by atoms with van der Waals surface area (Å²) in [6.45, 7) is 0.205. The van der Waals surface area contributed by atoms with Crippen molar-refractivity contribution in [3.8, 4) is 0 Å². The lowest BCUT2D eigenvalue weighted by atomic mass is 10.1. The molecule has 0 spiro atoms. The predicted molar refractivity (Wildman–Crippen MR) is 61.3 cm³/mol. The molecule has 7 heteroatoms. The maximum absolute atomic E-state index is 12.9. The van der Waals surface area contributed by atoms with Crippen molar-refractivity contribution in [1.29, 1.82) is 0 Å². The number of nitrogens with one attached hydrogen (secondary N) is 1.